The van der Waals surface area contributed by atoms with E-state index in [2.05, 4.69) is 24.4 Å². The van der Waals surface area contributed by atoms with Gasteiger partial charge in [0.15, 0.2) is 0 Å². The second-order valence-corrected chi connectivity index (χ2v) is 11.2. The summed E-state index contributed by atoms with van der Waals surface area (Å²) in [6.45, 7) is 5.03. The number of ether oxygens (including phenoxy) is 1. The zero-order valence-corrected chi connectivity index (χ0v) is 25.3. The predicted molar refractivity (Wildman–Crippen MR) is 169 cm³/mol. The third kappa shape index (κ3) is 7.11. The number of para-hydroxylation sites is 1. The number of carbonyl (C=O) groups is 2. The Balaban J connectivity index is 0.00000387. The van der Waals surface area contributed by atoms with E-state index in [0.29, 0.717) is 24.5 Å². The third-order valence-corrected chi connectivity index (χ3v) is 8.14. The molecule has 1 aliphatic heterocycles. The van der Waals surface area contributed by atoms with E-state index in [0.717, 1.165) is 21.8 Å². The lowest BCUT2D eigenvalue weighted by molar-refractivity contribution is -0.136. The zero-order chi connectivity index (χ0) is 28.1. The highest BCUT2D eigenvalue weighted by Gasteiger charge is 2.39. The number of rotatable bonds is 8. The summed E-state index contributed by atoms with van der Waals surface area (Å²) in [5.74, 6) is 0.652. The summed E-state index contributed by atoms with van der Waals surface area (Å²) in [6.07, 6.45) is 0. The van der Waals surface area contributed by atoms with Crippen LogP contribution in [-0.2, 0) is 9.59 Å². The molecule has 1 N–H and O–H groups in total. The first-order valence-corrected chi connectivity index (χ1v) is 14.7. The van der Waals surface area contributed by atoms with E-state index in [1.54, 1.807) is 4.90 Å². The molecule has 0 aliphatic carbocycles. The van der Waals surface area contributed by atoms with Gasteiger partial charge in [0.1, 0.15) is 23.4 Å². The van der Waals surface area contributed by atoms with E-state index in [-0.39, 0.29) is 42.2 Å². The lowest BCUT2D eigenvalue weighted by Gasteiger charge is -2.41. The monoisotopic (exact) mass is 609 g/mol. The van der Waals surface area contributed by atoms with Crippen LogP contribution in [0.4, 0.5) is 5.69 Å². The van der Waals surface area contributed by atoms with Gasteiger partial charge in [-0.1, -0.05) is 54.6 Å². The summed E-state index contributed by atoms with van der Waals surface area (Å²) < 4.78 is 6.01. The fourth-order valence-corrected chi connectivity index (χ4v) is 6.12. The number of carbonyl (C=O) groups excluding carboxylic acids is 2. The molecule has 3 unspecified atom stereocenters. The molecule has 1 fully saturated rings. The Kier molecular flexibility index (Phi) is 10.5. The largest absolute Gasteiger partial charge is 0.457 e. The molecule has 1 saturated heterocycles. The van der Waals surface area contributed by atoms with Crippen LogP contribution in [0.15, 0.2) is 96.4 Å². The first-order chi connectivity index (χ1) is 19.4. The van der Waals surface area contributed by atoms with Crippen LogP contribution in [0.1, 0.15) is 35.0 Å². The number of hydrogen-bond donors (Lipinski definition) is 1. The normalized spacial score (nSPS) is 17.3. The van der Waals surface area contributed by atoms with Crippen molar-refractivity contribution in [1.29, 1.82) is 0 Å². The SMILES string of the molecule is Cc1cc(Oc2ccccc2)ccc1N(C(=O)CCl)C(C(=O)N1CC(C)NC(c2ccccc2)C1)c1cccs1.Cl. The van der Waals surface area contributed by atoms with E-state index < -0.39 is 6.04 Å². The van der Waals surface area contributed by atoms with E-state index in [9.17, 15) is 9.59 Å². The van der Waals surface area contributed by atoms with Crippen molar-refractivity contribution < 1.29 is 14.3 Å². The van der Waals surface area contributed by atoms with Gasteiger partial charge < -0.3 is 15.0 Å². The van der Waals surface area contributed by atoms with Crippen molar-refractivity contribution in [3.8, 4) is 11.5 Å². The van der Waals surface area contributed by atoms with Crippen molar-refractivity contribution in [3.63, 3.8) is 0 Å². The molecule has 0 saturated carbocycles. The van der Waals surface area contributed by atoms with Crippen molar-refractivity contribution in [1.82, 2.24) is 10.2 Å². The number of benzene rings is 3. The maximum absolute atomic E-state index is 14.4. The number of thiophene rings is 1. The fraction of sp³-hybridized carbons (Fsp3) is 0.250. The lowest BCUT2D eigenvalue weighted by atomic mass is 10.0. The lowest BCUT2D eigenvalue weighted by Crippen LogP contribution is -2.56. The molecule has 0 radical (unpaired) electrons. The second kappa shape index (κ2) is 14.0. The first-order valence-electron chi connectivity index (χ1n) is 13.3. The van der Waals surface area contributed by atoms with Crippen molar-refractivity contribution in [2.45, 2.75) is 32.0 Å². The van der Waals surface area contributed by atoms with Gasteiger partial charge in [-0.05, 0) is 66.8 Å². The molecule has 1 aromatic heterocycles. The van der Waals surface area contributed by atoms with Crippen LogP contribution >= 0.6 is 35.3 Å². The number of piperazine rings is 1. The number of nitrogens with zero attached hydrogens (tertiary/aromatic N) is 2. The average Bonchev–Trinajstić information content (AvgIpc) is 3.51. The zero-order valence-electron chi connectivity index (χ0n) is 22.9. The molecule has 3 atom stereocenters. The Labute approximate surface area is 256 Å². The van der Waals surface area contributed by atoms with Crippen molar-refractivity contribution in [2.24, 2.45) is 0 Å². The minimum atomic E-state index is -0.840. The predicted octanol–water partition coefficient (Wildman–Crippen LogP) is 7.15. The van der Waals surface area contributed by atoms with Crippen LogP contribution in [0.25, 0.3) is 0 Å². The van der Waals surface area contributed by atoms with Crippen molar-refractivity contribution >= 4 is 52.8 Å². The highest BCUT2D eigenvalue weighted by atomic mass is 35.5. The van der Waals surface area contributed by atoms with Gasteiger partial charge in [0.25, 0.3) is 5.91 Å². The van der Waals surface area contributed by atoms with Gasteiger partial charge >= 0.3 is 0 Å². The topological polar surface area (TPSA) is 61.9 Å². The maximum atomic E-state index is 14.4. The summed E-state index contributed by atoms with van der Waals surface area (Å²) in [6, 6.07) is 28.2. The number of halogens is 2. The highest BCUT2D eigenvalue weighted by Crippen LogP contribution is 2.37. The smallest absolute Gasteiger partial charge is 0.251 e. The molecule has 9 heteroatoms. The standard InChI is InChI=1S/C32H32ClN3O3S.ClH/c1-22-18-26(39-25-12-7-4-8-13-25)15-16-28(22)36(30(37)19-33)31(29-14-9-17-40-29)32(38)35-20-23(2)34-27(21-35)24-10-5-3-6-11-24;/h3-18,23,27,31,34H,19-21H2,1-2H3;1H. The van der Waals surface area contributed by atoms with E-state index in [1.807, 2.05) is 96.1 Å². The van der Waals surface area contributed by atoms with Gasteiger partial charge in [0.05, 0.1) is 6.04 Å². The minimum absolute atomic E-state index is 0. The second-order valence-electron chi connectivity index (χ2n) is 9.95. The van der Waals surface area contributed by atoms with Crippen LogP contribution in [0.2, 0.25) is 0 Å². The van der Waals surface area contributed by atoms with E-state index in [4.69, 9.17) is 16.3 Å². The van der Waals surface area contributed by atoms with Crippen LogP contribution in [-0.4, -0.2) is 41.7 Å². The molecule has 2 heterocycles. The molecule has 1 aliphatic rings. The first kappa shape index (κ1) is 30.6. The molecule has 0 bridgehead atoms. The number of amides is 2. The highest BCUT2D eigenvalue weighted by molar-refractivity contribution is 7.10. The Bertz CT molecular complexity index is 1440. The third-order valence-electron chi connectivity index (χ3n) is 6.99. The van der Waals surface area contributed by atoms with Gasteiger partial charge in [-0.25, -0.2) is 0 Å². The Morgan fingerprint density at radius 1 is 1.00 bits per heavy atom. The van der Waals surface area contributed by atoms with Gasteiger partial charge in [-0.3, -0.25) is 14.5 Å². The summed E-state index contributed by atoms with van der Waals surface area (Å²) in [5, 5.41) is 5.54. The molecule has 214 valence electrons. The van der Waals surface area contributed by atoms with E-state index >= 15 is 0 Å². The quantitative estimate of drug-likeness (QED) is 0.216. The molecular weight excluding hydrogens is 577 g/mol. The van der Waals surface area contributed by atoms with Crippen LogP contribution in [0.3, 0.4) is 0 Å². The van der Waals surface area contributed by atoms with Gasteiger partial charge in [0, 0.05) is 29.7 Å². The van der Waals surface area contributed by atoms with Crippen LogP contribution in [0, 0.1) is 6.92 Å². The number of aryl methyl sites for hydroxylation is 1. The molecular formula is C32H33Cl2N3O3S. The van der Waals surface area contributed by atoms with Crippen LogP contribution < -0.4 is 15.0 Å². The van der Waals surface area contributed by atoms with Gasteiger partial charge in [0.2, 0.25) is 5.91 Å². The molecule has 3 aromatic carbocycles. The molecule has 6 nitrogen and oxygen atoms in total. The van der Waals surface area contributed by atoms with Crippen molar-refractivity contribution in [2.75, 3.05) is 23.9 Å². The van der Waals surface area contributed by atoms with Gasteiger partial charge in [-0.15, -0.1) is 35.3 Å². The van der Waals surface area contributed by atoms with Crippen LogP contribution in [0.5, 0.6) is 11.5 Å². The summed E-state index contributed by atoms with van der Waals surface area (Å²) >= 11 is 7.62. The fourth-order valence-electron chi connectivity index (χ4n) is 5.19. The molecule has 4 aromatic rings. The molecule has 2 amide bonds. The molecule has 5 rings (SSSR count). The minimum Gasteiger partial charge on any atom is -0.457 e. The Hall–Kier alpha value is -3.36. The van der Waals surface area contributed by atoms with Gasteiger partial charge in [-0.2, -0.15) is 0 Å². The maximum Gasteiger partial charge on any atom is 0.251 e. The Morgan fingerprint density at radius 2 is 1.71 bits per heavy atom. The molecule has 41 heavy (non-hydrogen) atoms. The summed E-state index contributed by atoms with van der Waals surface area (Å²) in [5.41, 5.74) is 2.55. The number of anilines is 1. The summed E-state index contributed by atoms with van der Waals surface area (Å²) in [7, 11) is 0. The van der Waals surface area contributed by atoms with E-state index in [1.165, 1.54) is 11.3 Å². The number of alkyl halides is 1. The van der Waals surface area contributed by atoms with Crippen molar-refractivity contribution in [3.05, 3.63) is 112 Å². The average molecular weight is 611 g/mol. The number of hydrogen-bond acceptors (Lipinski definition) is 5. The number of nitrogens with one attached hydrogen (secondary N) is 1. The Morgan fingerprint density at radius 3 is 2.34 bits per heavy atom. The summed E-state index contributed by atoms with van der Waals surface area (Å²) in [4.78, 5) is 32.1. The molecule has 0 spiro atoms.